The monoisotopic (exact) mass is 269 g/mol. The molecule has 0 radical (unpaired) electrons. The zero-order valence-corrected chi connectivity index (χ0v) is 12.9. The van der Waals surface area contributed by atoms with E-state index in [4.69, 9.17) is 10.5 Å². The van der Waals surface area contributed by atoms with E-state index in [1.807, 2.05) is 0 Å². The summed E-state index contributed by atoms with van der Waals surface area (Å²) >= 11 is 0. The molecular weight excluding hydrogens is 238 g/mol. The van der Waals surface area contributed by atoms with E-state index in [0.717, 1.165) is 32.5 Å². The van der Waals surface area contributed by atoms with Gasteiger partial charge in [0.05, 0.1) is 0 Å². The zero-order chi connectivity index (χ0) is 14.1. The number of hydrogen-bond donors (Lipinski definition) is 2. The van der Waals surface area contributed by atoms with Crippen LogP contribution in [0.25, 0.3) is 0 Å². The van der Waals surface area contributed by atoms with Crippen molar-refractivity contribution in [1.29, 1.82) is 0 Å². The van der Waals surface area contributed by atoms with Crippen LogP contribution in [0.4, 0.5) is 0 Å². The first-order chi connectivity index (χ1) is 9.08. The van der Waals surface area contributed by atoms with E-state index in [1.54, 1.807) is 7.11 Å². The van der Waals surface area contributed by atoms with Crippen LogP contribution >= 0.6 is 0 Å². The lowest BCUT2D eigenvalue weighted by molar-refractivity contribution is 0.141. The van der Waals surface area contributed by atoms with Crippen LogP contribution in [0.15, 0.2) is 4.99 Å². The molecule has 1 aliphatic carbocycles. The second kappa shape index (κ2) is 8.41. The molecular formula is C15H31N3O. The van der Waals surface area contributed by atoms with Gasteiger partial charge < -0.3 is 15.8 Å². The number of guanidine groups is 1. The summed E-state index contributed by atoms with van der Waals surface area (Å²) in [4.78, 5) is 4.56. The van der Waals surface area contributed by atoms with Gasteiger partial charge in [-0.15, -0.1) is 0 Å². The van der Waals surface area contributed by atoms with Crippen molar-refractivity contribution in [3.63, 3.8) is 0 Å². The molecule has 1 fully saturated rings. The van der Waals surface area contributed by atoms with Gasteiger partial charge in [-0.1, -0.05) is 26.7 Å². The Labute approximate surface area is 118 Å². The van der Waals surface area contributed by atoms with Gasteiger partial charge in [0.15, 0.2) is 5.96 Å². The fourth-order valence-electron chi connectivity index (χ4n) is 2.73. The van der Waals surface area contributed by atoms with Crippen LogP contribution in [0.5, 0.6) is 0 Å². The summed E-state index contributed by atoms with van der Waals surface area (Å²) in [5.74, 6) is 1.30. The Hall–Kier alpha value is -0.770. The van der Waals surface area contributed by atoms with E-state index in [-0.39, 0.29) is 0 Å². The van der Waals surface area contributed by atoms with Crippen molar-refractivity contribution in [2.24, 2.45) is 22.1 Å². The topological polar surface area (TPSA) is 59.6 Å². The Bertz CT molecular complexity index is 271. The Balaban J connectivity index is 2.37. The average Bonchev–Trinajstić information content (AvgIpc) is 2.83. The quantitative estimate of drug-likeness (QED) is 0.526. The predicted molar refractivity (Wildman–Crippen MR) is 81.3 cm³/mol. The molecule has 0 aliphatic heterocycles. The molecule has 112 valence electrons. The largest absolute Gasteiger partial charge is 0.385 e. The Morgan fingerprint density at radius 1 is 1.37 bits per heavy atom. The molecule has 1 saturated carbocycles. The van der Waals surface area contributed by atoms with Crippen molar-refractivity contribution in [2.45, 2.75) is 52.4 Å². The minimum atomic E-state index is 0.334. The summed E-state index contributed by atoms with van der Waals surface area (Å²) < 4.78 is 5.23. The van der Waals surface area contributed by atoms with Gasteiger partial charge in [-0.3, -0.25) is 4.99 Å². The van der Waals surface area contributed by atoms with Crippen LogP contribution in [0.1, 0.15) is 52.4 Å². The van der Waals surface area contributed by atoms with Gasteiger partial charge in [-0.25, -0.2) is 0 Å². The van der Waals surface area contributed by atoms with Crippen LogP contribution < -0.4 is 11.1 Å². The lowest BCUT2D eigenvalue weighted by Crippen LogP contribution is -2.34. The molecule has 0 bridgehead atoms. The van der Waals surface area contributed by atoms with E-state index < -0.39 is 0 Å². The van der Waals surface area contributed by atoms with Gasteiger partial charge in [0.2, 0.25) is 0 Å². The zero-order valence-electron chi connectivity index (χ0n) is 12.9. The molecule has 0 atom stereocenters. The Kier molecular flexibility index (Phi) is 7.21. The summed E-state index contributed by atoms with van der Waals surface area (Å²) in [6.07, 6.45) is 7.40. The maximum absolute atomic E-state index is 5.93. The molecule has 0 saturated heterocycles. The highest BCUT2D eigenvalue weighted by Crippen LogP contribution is 2.41. The Morgan fingerprint density at radius 2 is 2.05 bits per heavy atom. The molecule has 1 rings (SSSR count). The van der Waals surface area contributed by atoms with Crippen molar-refractivity contribution < 1.29 is 4.74 Å². The van der Waals surface area contributed by atoms with Gasteiger partial charge in [0, 0.05) is 26.8 Å². The fourth-order valence-corrected chi connectivity index (χ4v) is 2.73. The predicted octanol–water partition coefficient (Wildman–Crippen LogP) is 2.53. The van der Waals surface area contributed by atoms with Gasteiger partial charge >= 0.3 is 0 Å². The third-order valence-electron chi connectivity index (χ3n) is 4.11. The SMILES string of the molecule is COCCC1(CN=C(N)NCCC(C)C)CCCC1. The van der Waals surface area contributed by atoms with E-state index in [2.05, 4.69) is 24.2 Å². The molecule has 19 heavy (non-hydrogen) atoms. The number of aliphatic imine (C=N–C) groups is 1. The highest BCUT2D eigenvalue weighted by molar-refractivity contribution is 5.77. The van der Waals surface area contributed by atoms with Crippen molar-refractivity contribution in [1.82, 2.24) is 5.32 Å². The molecule has 1 aliphatic rings. The van der Waals surface area contributed by atoms with E-state index in [1.165, 1.54) is 25.7 Å². The third kappa shape index (κ3) is 6.28. The average molecular weight is 269 g/mol. The molecule has 0 aromatic rings. The molecule has 0 spiro atoms. The molecule has 0 aromatic carbocycles. The first-order valence-corrected chi connectivity index (χ1v) is 7.61. The van der Waals surface area contributed by atoms with Crippen LogP contribution in [0, 0.1) is 11.3 Å². The first-order valence-electron chi connectivity index (χ1n) is 7.61. The third-order valence-corrected chi connectivity index (χ3v) is 4.11. The van der Waals surface area contributed by atoms with Crippen LogP contribution in [-0.4, -0.2) is 32.8 Å². The molecule has 4 heteroatoms. The van der Waals surface area contributed by atoms with Crippen molar-refractivity contribution in [3.05, 3.63) is 0 Å². The molecule has 0 unspecified atom stereocenters. The summed E-state index contributed by atoms with van der Waals surface area (Å²) in [6, 6.07) is 0. The van der Waals surface area contributed by atoms with Crippen molar-refractivity contribution in [2.75, 3.05) is 26.8 Å². The lowest BCUT2D eigenvalue weighted by atomic mass is 9.83. The maximum Gasteiger partial charge on any atom is 0.188 e. The number of nitrogens with two attached hydrogens (primary N) is 1. The van der Waals surface area contributed by atoms with E-state index in [9.17, 15) is 0 Å². The summed E-state index contributed by atoms with van der Waals surface area (Å²) in [5.41, 5.74) is 6.27. The first kappa shape index (κ1) is 16.3. The van der Waals surface area contributed by atoms with E-state index in [0.29, 0.717) is 17.3 Å². The number of rotatable bonds is 8. The smallest absolute Gasteiger partial charge is 0.188 e. The number of methoxy groups -OCH3 is 1. The molecule has 0 aromatic heterocycles. The fraction of sp³-hybridized carbons (Fsp3) is 0.933. The molecule has 0 amide bonds. The normalized spacial score (nSPS) is 19.1. The van der Waals surface area contributed by atoms with Crippen molar-refractivity contribution >= 4 is 5.96 Å². The Morgan fingerprint density at radius 3 is 2.63 bits per heavy atom. The second-order valence-corrected chi connectivity index (χ2v) is 6.26. The van der Waals surface area contributed by atoms with Crippen LogP contribution in [0.3, 0.4) is 0 Å². The summed E-state index contributed by atoms with van der Waals surface area (Å²) in [5, 5.41) is 3.21. The second-order valence-electron chi connectivity index (χ2n) is 6.26. The minimum Gasteiger partial charge on any atom is -0.385 e. The van der Waals surface area contributed by atoms with Gasteiger partial charge in [0.25, 0.3) is 0 Å². The highest BCUT2D eigenvalue weighted by atomic mass is 16.5. The minimum absolute atomic E-state index is 0.334. The summed E-state index contributed by atoms with van der Waals surface area (Å²) in [7, 11) is 1.77. The van der Waals surface area contributed by atoms with Crippen LogP contribution in [-0.2, 0) is 4.74 Å². The lowest BCUT2D eigenvalue weighted by Gasteiger charge is -2.26. The van der Waals surface area contributed by atoms with Crippen LogP contribution in [0.2, 0.25) is 0 Å². The number of nitrogens with zero attached hydrogens (tertiary/aromatic N) is 1. The summed E-state index contributed by atoms with van der Waals surface area (Å²) in [6.45, 7) is 7.02. The number of hydrogen-bond acceptors (Lipinski definition) is 2. The maximum atomic E-state index is 5.93. The number of nitrogens with one attached hydrogen (secondary N) is 1. The standard InChI is InChI=1S/C15H31N3O/c1-13(2)6-10-17-14(16)18-12-15(9-11-19-3)7-4-5-8-15/h13H,4-12H2,1-3H3,(H3,16,17,18). The molecule has 3 N–H and O–H groups in total. The highest BCUT2D eigenvalue weighted by Gasteiger charge is 2.33. The van der Waals surface area contributed by atoms with E-state index >= 15 is 0 Å². The van der Waals surface area contributed by atoms with Gasteiger partial charge in [-0.05, 0) is 37.0 Å². The number of ether oxygens (including phenoxy) is 1. The molecule has 0 heterocycles. The van der Waals surface area contributed by atoms with Gasteiger partial charge in [0.1, 0.15) is 0 Å². The van der Waals surface area contributed by atoms with Crippen molar-refractivity contribution in [3.8, 4) is 0 Å². The molecule has 4 nitrogen and oxygen atoms in total. The van der Waals surface area contributed by atoms with Gasteiger partial charge in [-0.2, -0.15) is 0 Å².